The van der Waals surface area contributed by atoms with Crippen molar-refractivity contribution in [3.05, 3.63) is 60.2 Å². The molecule has 0 saturated carbocycles. The van der Waals surface area contributed by atoms with Crippen molar-refractivity contribution in [1.82, 2.24) is 24.7 Å². The summed E-state index contributed by atoms with van der Waals surface area (Å²) in [5.41, 5.74) is 6.28. The number of aromatic nitrogens is 5. The van der Waals surface area contributed by atoms with E-state index in [1.165, 1.54) is 6.33 Å². The highest BCUT2D eigenvalue weighted by Crippen LogP contribution is 2.27. The van der Waals surface area contributed by atoms with E-state index in [1.54, 1.807) is 12.4 Å². The molecule has 0 saturated heterocycles. The van der Waals surface area contributed by atoms with E-state index in [4.69, 9.17) is 0 Å². The molecule has 1 aliphatic carbocycles. The Morgan fingerprint density at radius 1 is 1.19 bits per heavy atom. The summed E-state index contributed by atoms with van der Waals surface area (Å²) in [4.78, 5) is 12.6. The molecule has 5 nitrogen and oxygen atoms in total. The summed E-state index contributed by atoms with van der Waals surface area (Å²) in [6.07, 6.45) is 14.1. The normalized spacial score (nSPS) is 12.6. The van der Waals surface area contributed by atoms with Crippen molar-refractivity contribution in [3.63, 3.8) is 0 Å². The smallest absolute Gasteiger partial charge is 0.115 e. The first-order valence-corrected chi connectivity index (χ1v) is 6.79. The minimum absolute atomic E-state index is 0.892. The summed E-state index contributed by atoms with van der Waals surface area (Å²) < 4.78 is 1.91. The van der Waals surface area contributed by atoms with Gasteiger partial charge in [0.15, 0.2) is 0 Å². The number of hydrogen-bond acceptors (Lipinski definition) is 4. The predicted octanol–water partition coefficient (Wildman–Crippen LogP) is 2.60. The first-order valence-electron chi connectivity index (χ1n) is 6.79. The van der Waals surface area contributed by atoms with Crippen LogP contribution in [-0.4, -0.2) is 24.7 Å². The van der Waals surface area contributed by atoms with Crippen LogP contribution in [0.2, 0.25) is 0 Å². The van der Waals surface area contributed by atoms with Gasteiger partial charge in [-0.2, -0.15) is 5.10 Å². The highest BCUT2D eigenvalue weighted by Gasteiger charge is 2.15. The van der Waals surface area contributed by atoms with Crippen LogP contribution in [-0.2, 0) is 6.42 Å². The van der Waals surface area contributed by atoms with Crippen LogP contribution in [0.4, 0.5) is 0 Å². The summed E-state index contributed by atoms with van der Waals surface area (Å²) in [5.74, 6) is 0. The van der Waals surface area contributed by atoms with E-state index in [-0.39, 0.29) is 0 Å². The van der Waals surface area contributed by atoms with Crippen molar-refractivity contribution in [2.75, 3.05) is 0 Å². The van der Waals surface area contributed by atoms with E-state index in [0.717, 1.165) is 40.2 Å². The molecule has 0 aromatic carbocycles. The fourth-order valence-corrected chi connectivity index (χ4v) is 2.64. The Bertz CT molecular complexity index is 833. The van der Waals surface area contributed by atoms with E-state index < -0.39 is 0 Å². The van der Waals surface area contributed by atoms with Crippen LogP contribution >= 0.6 is 0 Å². The molecule has 0 bridgehead atoms. The van der Waals surface area contributed by atoms with Gasteiger partial charge in [-0.1, -0.05) is 12.2 Å². The van der Waals surface area contributed by atoms with Gasteiger partial charge >= 0.3 is 0 Å². The minimum Gasteiger partial charge on any atom is -0.260 e. The number of nitrogens with zero attached hydrogens (tertiary/aromatic N) is 5. The van der Waals surface area contributed by atoms with E-state index in [9.17, 15) is 0 Å². The molecule has 0 spiro atoms. The van der Waals surface area contributed by atoms with Gasteiger partial charge in [0.05, 0.1) is 17.1 Å². The van der Waals surface area contributed by atoms with Gasteiger partial charge in [0.2, 0.25) is 0 Å². The molecule has 0 amide bonds. The summed E-state index contributed by atoms with van der Waals surface area (Å²) in [5, 5.41) is 4.63. The van der Waals surface area contributed by atoms with Crippen LogP contribution in [0.3, 0.4) is 0 Å². The number of rotatable bonds is 2. The van der Waals surface area contributed by atoms with Gasteiger partial charge < -0.3 is 0 Å². The fraction of sp³-hybridized carbons (Fsp3) is 0.125. The third kappa shape index (κ3) is 1.94. The maximum Gasteiger partial charge on any atom is 0.115 e. The van der Waals surface area contributed by atoms with Crippen LogP contribution in [0.15, 0.2) is 43.3 Å². The molecule has 3 aromatic heterocycles. The standard InChI is InChI=1S/C16H13N5/c1-11-14(12-7-17-10-18-8-12)9-21(20-11)16-5-6-19-15-4-2-3-13(15)16/h2-3,5-10H,4H2,1H3. The number of hydrogen-bond donors (Lipinski definition) is 0. The van der Waals surface area contributed by atoms with Crippen molar-refractivity contribution in [2.24, 2.45) is 0 Å². The van der Waals surface area contributed by atoms with Gasteiger partial charge in [-0.05, 0) is 13.0 Å². The van der Waals surface area contributed by atoms with Crippen molar-refractivity contribution in [2.45, 2.75) is 13.3 Å². The third-order valence-electron chi connectivity index (χ3n) is 3.66. The zero-order valence-electron chi connectivity index (χ0n) is 11.6. The molecule has 0 N–H and O–H groups in total. The minimum atomic E-state index is 0.892. The molecule has 1 aliphatic rings. The maximum atomic E-state index is 4.63. The molecule has 3 heterocycles. The largest absolute Gasteiger partial charge is 0.260 e. The first-order chi connectivity index (χ1) is 10.3. The van der Waals surface area contributed by atoms with E-state index in [2.05, 4.69) is 32.2 Å². The van der Waals surface area contributed by atoms with Gasteiger partial charge in [0, 0.05) is 47.9 Å². The zero-order chi connectivity index (χ0) is 14.2. The SMILES string of the molecule is Cc1nn(-c2ccnc3c2C=CC3)cc1-c1cncnc1. The topological polar surface area (TPSA) is 56.5 Å². The third-order valence-corrected chi connectivity index (χ3v) is 3.66. The second kappa shape index (κ2) is 4.63. The fourth-order valence-electron chi connectivity index (χ4n) is 2.64. The van der Waals surface area contributed by atoms with E-state index in [1.807, 2.05) is 30.1 Å². The second-order valence-electron chi connectivity index (χ2n) is 5.00. The Labute approximate surface area is 122 Å². The van der Waals surface area contributed by atoms with Crippen molar-refractivity contribution >= 4 is 6.08 Å². The monoisotopic (exact) mass is 275 g/mol. The lowest BCUT2D eigenvalue weighted by atomic mass is 10.1. The van der Waals surface area contributed by atoms with Crippen LogP contribution in [0.25, 0.3) is 22.9 Å². The average Bonchev–Trinajstić information content (AvgIpc) is 3.14. The lowest BCUT2D eigenvalue weighted by molar-refractivity contribution is 0.855. The molecule has 0 unspecified atom stereocenters. The maximum absolute atomic E-state index is 4.63. The molecule has 0 fully saturated rings. The van der Waals surface area contributed by atoms with Crippen LogP contribution in [0.1, 0.15) is 17.0 Å². The Hall–Kier alpha value is -2.82. The lowest BCUT2D eigenvalue weighted by Crippen LogP contribution is -2.00. The summed E-state index contributed by atoms with van der Waals surface area (Å²) in [6.45, 7) is 2.00. The molecule has 4 rings (SSSR count). The molecule has 0 atom stereocenters. The molecule has 0 radical (unpaired) electrons. The van der Waals surface area contributed by atoms with Crippen molar-refractivity contribution in [3.8, 4) is 16.8 Å². The molecule has 102 valence electrons. The van der Waals surface area contributed by atoms with Gasteiger partial charge in [0.25, 0.3) is 0 Å². The number of allylic oxidation sites excluding steroid dienone is 1. The van der Waals surface area contributed by atoms with Crippen molar-refractivity contribution < 1.29 is 0 Å². The molecule has 0 aliphatic heterocycles. The molecule has 3 aromatic rings. The number of pyridine rings is 1. The Morgan fingerprint density at radius 2 is 2.05 bits per heavy atom. The lowest BCUT2D eigenvalue weighted by Gasteiger charge is -2.06. The molecule has 5 heteroatoms. The Kier molecular flexibility index (Phi) is 2.64. The van der Waals surface area contributed by atoms with Gasteiger partial charge in [-0.25, -0.2) is 14.6 Å². The molecule has 21 heavy (non-hydrogen) atoms. The second-order valence-corrected chi connectivity index (χ2v) is 5.00. The summed E-state index contributed by atoms with van der Waals surface area (Å²) >= 11 is 0. The predicted molar refractivity (Wildman–Crippen MR) is 79.9 cm³/mol. The molecular weight excluding hydrogens is 262 g/mol. The van der Waals surface area contributed by atoms with Gasteiger partial charge in [0.1, 0.15) is 6.33 Å². The van der Waals surface area contributed by atoms with E-state index in [0.29, 0.717) is 0 Å². The van der Waals surface area contributed by atoms with Crippen LogP contribution in [0, 0.1) is 6.92 Å². The highest BCUT2D eigenvalue weighted by atomic mass is 15.3. The van der Waals surface area contributed by atoms with Crippen LogP contribution < -0.4 is 0 Å². The number of fused-ring (bicyclic) bond motifs is 1. The zero-order valence-corrected chi connectivity index (χ0v) is 11.6. The summed E-state index contributed by atoms with van der Waals surface area (Å²) in [7, 11) is 0. The Morgan fingerprint density at radius 3 is 2.90 bits per heavy atom. The van der Waals surface area contributed by atoms with E-state index >= 15 is 0 Å². The van der Waals surface area contributed by atoms with Crippen molar-refractivity contribution in [1.29, 1.82) is 0 Å². The summed E-state index contributed by atoms with van der Waals surface area (Å²) in [6, 6.07) is 1.99. The average molecular weight is 275 g/mol. The van der Waals surface area contributed by atoms with Gasteiger partial charge in [-0.15, -0.1) is 0 Å². The molecular formula is C16H13N5. The first kappa shape index (κ1) is 12.0. The quantitative estimate of drug-likeness (QED) is 0.721. The van der Waals surface area contributed by atoms with Gasteiger partial charge in [-0.3, -0.25) is 4.98 Å². The number of aryl methyl sites for hydroxylation is 1. The van der Waals surface area contributed by atoms with Crippen LogP contribution in [0.5, 0.6) is 0 Å². The highest BCUT2D eigenvalue weighted by molar-refractivity contribution is 5.68. The Balaban J connectivity index is 1.85.